The van der Waals surface area contributed by atoms with Crippen LogP contribution in [-0.2, 0) is 19.6 Å². The highest BCUT2D eigenvalue weighted by molar-refractivity contribution is 5.94. The van der Waals surface area contributed by atoms with Crippen LogP contribution in [0.3, 0.4) is 0 Å². The van der Waals surface area contributed by atoms with E-state index in [0.29, 0.717) is 45.4 Å². The molecule has 10 nitrogen and oxygen atoms in total. The van der Waals surface area contributed by atoms with Gasteiger partial charge in [0.25, 0.3) is 22.9 Å². The zero-order valence-corrected chi connectivity index (χ0v) is 30.6. The molecule has 0 radical (unpaired) electrons. The smallest absolute Gasteiger partial charge is 0.337 e. The Morgan fingerprint density at radius 3 is 1.41 bits per heavy atom. The first-order valence-corrected chi connectivity index (χ1v) is 17.5. The quantitative estimate of drug-likeness (QED) is 0.160. The van der Waals surface area contributed by atoms with Gasteiger partial charge in [-0.05, 0) is 65.2 Å². The minimum Gasteiger partial charge on any atom is -0.337 e. The van der Waals surface area contributed by atoms with E-state index in [1.165, 1.54) is 23.0 Å². The van der Waals surface area contributed by atoms with E-state index in [9.17, 15) is 32.3 Å². The predicted octanol–water partition coefficient (Wildman–Crippen LogP) is 6.80. The van der Waals surface area contributed by atoms with Crippen LogP contribution in [-0.4, -0.2) is 67.5 Å². The van der Waals surface area contributed by atoms with Gasteiger partial charge in [0.1, 0.15) is 6.54 Å². The van der Waals surface area contributed by atoms with Gasteiger partial charge < -0.3 is 9.80 Å². The van der Waals surface area contributed by atoms with Crippen LogP contribution in [0.5, 0.6) is 0 Å². The molecule has 2 heterocycles. The fourth-order valence-electron chi connectivity index (χ4n) is 6.05. The third-order valence-electron chi connectivity index (χ3n) is 8.94. The van der Waals surface area contributed by atoms with Gasteiger partial charge in [-0.25, -0.2) is 9.97 Å². The molecule has 13 heteroatoms. The number of halogens is 3. The highest BCUT2D eigenvalue weighted by Gasteiger charge is 2.31. The van der Waals surface area contributed by atoms with Crippen molar-refractivity contribution in [1.82, 2.24) is 28.9 Å². The number of aromatic nitrogens is 4. The van der Waals surface area contributed by atoms with Crippen molar-refractivity contribution in [2.75, 3.05) is 20.6 Å². The highest BCUT2D eigenvalue weighted by Crippen LogP contribution is 2.18. The maximum atomic E-state index is 12.7. The summed E-state index contributed by atoms with van der Waals surface area (Å²) in [5.41, 5.74) is 4.55. The van der Waals surface area contributed by atoms with Crippen LogP contribution in [0.15, 0.2) is 150 Å². The van der Waals surface area contributed by atoms with E-state index >= 15 is 0 Å². The summed E-state index contributed by atoms with van der Waals surface area (Å²) < 4.78 is 40.2. The summed E-state index contributed by atoms with van der Waals surface area (Å²) in [4.78, 5) is 60.8. The largest absolute Gasteiger partial charge is 0.406 e. The molecule has 7 aromatic rings. The number of hydrogen-bond donors (Lipinski definition) is 0. The molecule has 2 aromatic heterocycles. The molecule has 0 fully saturated rings. The lowest BCUT2D eigenvalue weighted by Crippen LogP contribution is -2.35. The van der Waals surface area contributed by atoms with Gasteiger partial charge in [-0.3, -0.25) is 28.3 Å². The maximum Gasteiger partial charge on any atom is 0.406 e. The monoisotopic (exact) mass is 758 g/mol. The van der Waals surface area contributed by atoms with Crippen molar-refractivity contribution < 1.29 is 22.8 Å². The molecule has 0 unspecified atom stereocenters. The van der Waals surface area contributed by atoms with Gasteiger partial charge in [0.2, 0.25) is 0 Å². The lowest BCUT2D eigenvalue weighted by molar-refractivity contribution is -0.138. The van der Waals surface area contributed by atoms with Crippen LogP contribution in [0.25, 0.3) is 21.8 Å². The van der Waals surface area contributed by atoms with Gasteiger partial charge in [0.05, 0.1) is 47.6 Å². The first kappa shape index (κ1) is 38.8. The van der Waals surface area contributed by atoms with Crippen LogP contribution in [0, 0.1) is 0 Å². The molecule has 0 saturated carbocycles. The second-order valence-electron chi connectivity index (χ2n) is 13.2. The molecule has 2 amide bonds. The Morgan fingerprint density at radius 1 is 0.554 bits per heavy atom. The summed E-state index contributed by atoms with van der Waals surface area (Å²) in [6.07, 6.45) is -1.44. The van der Waals surface area contributed by atoms with Gasteiger partial charge in [-0.1, -0.05) is 78.9 Å². The molecule has 0 N–H and O–H groups in total. The fraction of sp³-hybridized carbons (Fsp3) is 0.163. The zero-order valence-electron chi connectivity index (χ0n) is 30.6. The second-order valence-corrected chi connectivity index (χ2v) is 13.2. The van der Waals surface area contributed by atoms with Crippen LogP contribution in [0.4, 0.5) is 13.2 Å². The number of carbonyl (C=O) groups is 2. The molecular formula is C43H37F3N6O4. The van der Waals surface area contributed by atoms with E-state index in [1.54, 1.807) is 77.4 Å². The minimum absolute atomic E-state index is 0.0371. The lowest BCUT2D eigenvalue weighted by atomic mass is 10.1. The van der Waals surface area contributed by atoms with Gasteiger partial charge in [0, 0.05) is 31.8 Å². The van der Waals surface area contributed by atoms with Crippen molar-refractivity contribution in [3.05, 3.63) is 189 Å². The normalized spacial score (nSPS) is 11.2. The predicted molar refractivity (Wildman–Crippen MR) is 208 cm³/mol. The Kier molecular flexibility index (Phi) is 11.8. The Labute approximate surface area is 319 Å². The number of rotatable bonds is 9. The van der Waals surface area contributed by atoms with E-state index in [1.807, 2.05) is 60.7 Å². The third-order valence-corrected chi connectivity index (χ3v) is 8.94. The van der Waals surface area contributed by atoms with Crippen LogP contribution < -0.4 is 11.1 Å². The van der Waals surface area contributed by atoms with E-state index in [2.05, 4.69) is 9.97 Å². The zero-order chi connectivity index (χ0) is 39.8. The number of amides is 2. The number of para-hydroxylation sites is 2. The van der Waals surface area contributed by atoms with Gasteiger partial charge in [-0.15, -0.1) is 0 Å². The first-order valence-electron chi connectivity index (χ1n) is 17.5. The molecular weight excluding hydrogens is 722 g/mol. The number of nitrogens with zero attached hydrogens (tertiary/aromatic N) is 6. The molecule has 0 atom stereocenters. The van der Waals surface area contributed by atoms with Crippen molar-refractivity contribution in [3.8, 4) is 0 Å². The fourth-order valence-corrected chi connectivity index (χ4v) is 6.05. The van der Waals surface area contributed by atoms with Crippen molar-refractivity contribution >= 4 is 33.6 Å². The van der Waals surface area contributed by atoms with Crippen LogP contribution in [0.1, 0.15) is 37.4 Å². The molecule has 284 valence electrons. The average molecular weight is 759 g/mol. The number of fused-ring (bicyclic) bond motifs is 2. The van der Waals surface area contributed by atoms with Crippen LogP contribution in [0.2, 0.25) is 0 Å². The van der Waals surface area contributed by atoms with E-state index in [0.717, 1.165) is 23.7 Å². The van der Waals surface area contributed by atoms with Crippen molar-refractivity contribution in [3.63, 3.8) is 0 Å². The second kappa shape index (κ2) is 17.1. The van der Waals surface area contributed by atoms with Gasteiger partial charge >= 0.3 is 6.18 Å². The summed E-state index contributed by atoms with van der Waals surface area (Å²) in [7, 11) is 2.90. The summed E-state index contributed by atoms with van der Waals surface area (Å²) in [6, 6.07) is 37.7. The lowest BCUT2D eigenvalue weighted by Gasteiger charge is -2.19. The molecule has 0 saturated heterocycles. The summed E-state index contributed by atoms with van der Waals surface area (Å²) >= 11 is 0. The molecule has 0 aliphatic heterocycles. The number of hydrogen-bond acceptors (Lipinski definition) is 6. The molecule has 5 aromatic carbocycles. The minimum atomic E-state index is -4.45. The summed E-state index contributed by atoms with van der Waals surface area (Å²) in [6.45, 7) is -0.111. The molecule has 0 bridgehead atoms. The van der Waals surface area contributed by atoms with Gasteiger partial charge in [0.15, 0.2) is 0 Å². The van der Waals surface area contributed by atoms with Crippen molar-refractivity contribution in [2.24, 2.45) is 0 Å². The molecule has 7 rings (SSSR count). The van der Waals surface area contributed by atoms with Crippen molar-refractivity contribution in [2.45, 2.75) is 25.8 Å². The number of carbonyl (C=O) groups excluding carboxylic acids is 2. The summed E-state index contributed by atoms with van der Waals surface area (Å²) in [5.74, 6) is -0.756. The molecule has 0 aliphatic rings. The first-order chi connectivity index (χ1) is 26.9. The van der Waals surface area contributed by atoms with E-state index < -0.39 is 18.6 Å². The van der Waals surface area contributed by atoms with E-state index in [-0.39, 0.29) is 29.1 Å². The van der Waals surface area contributed by atoms with Crippen molar-refractivity contribution in [1.29, 1.82) is 0 Å². The SMILES string of the molecule is CN(CC(F)(F)F)C(=O)c1ccc(Cn2cnc3ccccc3c2=O)cc1.CN(Cc1ccccc1)C(=O)c1ccc(Cn2cnc3ccccc3c2=O)cc1. The molecule has 0 spiro atoms. The molecule has 56 heavy (non-hydrogen) atoms. The highest BCUT2D eigenvalue weighted by atomic mass is 19.4. The Hall–Kier alpha value is -6.89. The van der Waals surface area contributed by atoms with Gasteiger partial charge in [-0.2, -0.15) is 13.2 Å². The maximum absolute atomic E-state index is 12.7. The van der Waals surface area contributed by atoms with Crippen LogP contribution >= 0.6 is 0 Å². The Morgan fingerprint density at radius 2 is 0.964 bits per heavy atom. The average Bonchev–Trinajstić information content (AvgIpc) is 3.20. The van der Waals surface area contributed by atoms with E-state index in [4.69, 9.17) is 0 Å². The Bertz CT molecular complexity index is 2590. The number of benzene rings is 5. The molecule has 0 aliphatic carbocycles. The summed E-state index contributed by atoms with van der Waals surface area (Å²) in [5, 5.41) is 1.10. The topological polar surface area (TPSA) is 110 Å². The number of alkyl halides is 3. The third kappa shape index (κ3) is 9.61. The Balaban J connectivity index is 0.000000190. The standard InChI is InChI=1S/C24H21N3O2.C19H16F3N3O2/c1-26(15-18-7-3-2-4-8-18)23(28)20-13-11-19(12-14-20)16-27-17-25-22-10-6-5-9-21(22)24(27)29;1-24(11-19(20,21)22)17(26)14-8-6-13(7-9-14)10-25-12-23-16-5-3-2-4-15(16)18(25)27/h2-14,17H,15-16H2,1H3;2-9,12H,10-11H2,1H3.